The summed E-state index contributed by atoms with van der Waals surface area (Å²) in [7, 11) is 0. The summed E-state index contributed by atoms with van der Waals surface area (Å²) >= 11 is 3.44. The number of anilines is 1. The lowest BCUT2D eigenvalue weighted by molar-refractivity contribution is -0.110. The Balaban J connectivity index is 1.86. The summed E-state index contributed by atoms with van der Waals surface area (Å²) in [6.07, 6.45) is 2.52. The number of rotatable bonds is 5. The number of fused-ring (bicyclic) bond motifs is 1. The van der Waals surface area contributed by atoms with Gasteiger partial charge in [-0.05, 0) is 30.7 Å². The molecule has 1 amide bonds. The molecule has 24 heavy (non-hydrogen) atoms. The number of nitrogens with one attached hydrogen (secondary N) is 1. The minimum Gasteiger partial charge on any atom is -0.493 e. The first-order valence-corrected chi connectivity index (χ1v) is 8.42. The predicted octanol–water partition coefficient (Wildman–Crippen LogP) is 4.01. The van der Waals surface area contributed by atoms with E-state index in [0.29, 0.717) is 12.3 Å². The van der Waals surface area contributed by atoms with Gasteiger partial charge in [-0.1, -0.05) is 41.1 Å². The van der Waals surface area contributed by atoms with Crippen LogP contribution in [-0.2, 0) is 4.79 Å². The van der Waals surface area contributed by atoms with Crippen LogP contribution in [0.3, 0.4) is 0 Å². The van der Waals surface area contributed by atoms with Crippen LogP contribution in [0.25, 0.3) is 0 Å². The maximum absolute atomic E-state index is 12.0. The van der Waals surface area contributed by atoms with Gasteiger partial charge in [0.2, 0.25) is 0 Å². The number of carbonyl (C=O) groups is 1. The number of para-hydroxylation sites is 1. The van der Waals surface area contributed by atoms with Crippen LogP contribution >= 0.6 is 15.9 Å². The predicted molar refractivity (Wildman–Crippen MR) is 99.1 cm³/mol. The third-order valence-corrected chi connectivity index (χ3v) is 3.93. The zero-order chi connectivity index (χ0) is 16.9. The molecule has 1 N–H and O–H groups in total. The van der Waals surface area contributed by atoms with Crippen LogP contribution in [0, 0.1) is 0 Å². The van der Waals surface area contributed by atoms with Crippen LogP contribution in [0.15, 0.2) is 57.1 Å². The summed E-state index contributed by atoms with van der Waals surface area (Å²) in [5.41, 5.74) is 2.63. The first-order chi connectivity index (χ1) is 11.7. The lowest BCUT2D eigenvalue weighted by Gasteiger charge is -2.07. The SMILES string of the molecule is CCCOc1ccc(Br)cc1C=NN=C1C(=O)Nc2ccccc21. The summed E-state index contributed by atoms with van der Waals surface area (Å²) < 4.78 is 6.62. The van der Waals surface area contributed by atoms with Gasteiger partial charge in [0.25, 0.3) is 5.91 Å². The molecule has 0 aliphatic carbocycles. The number of carbonyl (C=O) groups excluding carboxylic acids is 1. The van der Waals surface area contributed by atoms with Gasteiger partial charge in [-0.2, -0.15) is 5.10 Å². The highest BCUT2D eigenvalue weighted by Crippen LogP contribution is 2.24. The van der Waals surface area contributed by atoms with E-state index in [-0.39, 0.29) is 5.91 Å². The van der Waals surface area contributed by atoms with E-state index in [4.69, 9.17) is 4.74 Å². The van der Waals surface area contributed by atoms with E-state index >= 15 is 0 Å². The Hall–Kier alpha value is -2.47. The lowest BCUT2D eigenvalue weighted by atomic mass is 10.1. The molecule has 0 aromatic heterocycles. The number of halogens is 1. The molecule has 0 unspecified atom stereocenters. The molecule has 6 heteroatoms. The van der Waals surface area contributed by atoms with Crippen LogP contribution in [-0.4, -0.2) is 24.4 Å². The van der Waals surface area contributed by atoms with Gasteiger partial charge in [0.15, 0.2) is 5.71 Å². The minimum absolute atomic E-state index is 0.245. The lowest BCUT2D eigenvalue weighted by Crippen LogP contribution is -2.13. The van der Waals surface area contributed by atoms with E-state index in [9.17, 15) is 4.79 Å². The maximum atomic E-state index is 12.0. The zero-order valence-electron chi connectivity index (χ0n) is 13.1. The van der Waals surface area contributed by atoms with Gasteiger partial charge in [0.1, 0.15) is 5.75 Å². The maximum Gasteiger partial charge on any atom is 0.276 e. The Bertz CT molecular complexity index is 831. The Kier molecular flexibility index (Phi) is 5.05. The Morgan fingerprint density at radius 3 is 2.92 bits per heavy atom. The average molecular weight is 386 g/mol. The fourth-order valence-electron chi connectivity index (χ4n) is 2.31. The highest BCUT2D eigenvalue weighted by molar-refractivity contribution is 9.10. The third-order valence-electron chi connectivity index (χ3n) is 3.43. The second kappa shape index (κ2) is 7.40. The molecular formula is C18H16BrN3O2. The zero-order valence-corrected chi connectivity index (χ0v) is 14.7. The quantitative estimate of drug-likeness (QED) is 0.623. The van der Waals surface area contributed by atoms with Gasteiger partial charge in [-0.3, -0.25) is 4.79 Å². The van der Waals surface area contributed by atoms with Crippen molar-refractivity contribution in [2.75, 3.05) is 11.9 Å². The molecule has 0 bridgehead atoms. The second-order valence-electron chi connectivity index (χ2n) is 5.22. The number of amides is 1. The number of nitrogens with zero attached hydrogens (tertiary/aromatic N) is 2. The minimum atomic E-state index is -0.245. The molecule has 0 atom stereocenters. The molecule has 0 saturated heterocycles. The van der Waals surface area contributed by atoms with Crippen molar-refractivity contribution in [3.63, 3.8) is 0 Å². The summed E-state index contributed by atoms with van der Waals surface area (Å²) in [5, 5.41) is 10.9. The molecule has 1 heterocycles. The van der Waals surface area contributed by atoms with Gasteiger partial charge in [0.05, 0.1) is 18.5 Å². The Morgan fingerprint density at radius 2 is 2.08 bits per heavy atom. The summed E-state index contributed by atoms with van der Waals surface area (Å²) in [5.74, 6) is 0.491. The molecule has 0 fully saturated rings. The van der Waals surface area contributed by atoms with Crippen molar-refractivity contribution >= 4 is 39.5 Å². The molecule has 122 valence electrons. The van der Waals surface area contributed by atoms with Gasteiger partial charge in [-0.15, -0.1) is 5.10 Å². The number of hydrogen-bond donors (Lipinski definition) is 1. The normalized spacial score (nSPS) is 14.9. The van der Waals surface area contributed by atoms with Crippen LogP contribution < -0.4 is 10.1 Å². The van der Waals surface area contributed by atoms with E-state index in [1.54, 1.807) is 6.21 Å². The van der Waals surface area contributed by atoms with Crippen molar-refractivity contribution in [3.8, 4) is 5.75 Å². The van der Waals surface area contributed by atoms with E-state index in [0.717, 1.165) is 33.5 Å². The molecule has 2 aromatic rings. The molecule has 1 aliphatic heterocycles. The monoisotopic (exact) mass is 385 g/mol. The van der Waals surface area contributed by atoms with E-state index in [1.807, 2.05) is 42.5 Å². The molecule has 0 saturated carbocycles. The molecule has 1 aliphatic rings. The van der Waals surface area contributed by atoms with Crippen molar-refractivity contribution in [3.05, 3.63) is 58.1 Å². The third kappa shape index (κ3) is 3.54. The largest absolute Gasteiger partial charge is 0.493 e. The van der Waals surface area contributed by atoms with Crippen molar-refractivity contribution < 1.29 is 9.53 Å². The standard InChI is InChI=1S/C18H16BrN3O2/c1-2-9-24-16-8-7-13(19)10-12(16)11-20-22-17-14-5-3-4-6-15(14)21-18(17)23/h3-8,10-11H,2,9H2,1H3,(H,21,22,23). The van der Waals surface area contributed by atoms with Gasteiger partial charge in [-0.25, -0.2) is 0 Å². The van der Waals surface area contributed by atoms with Crippen molar-refractivity contribution in [2.24, 2.45) is 10.2 Å². The Morgan fingerprint density at radius 1 is 1.25 bits per heavy atom. The molecule has 3 rings (SSSR count). The molecular weight excluding hydrogens is 370 g/mol. The fraction of sp³-hybridized carbons (Fsp3) is 0.167. The fourth-order valence-corrected chi connectivity index (χ4v) is 2.69. The molecule has 0 spiro atoms. The number of hydrogen-bond acceptors (Lipinski definition) is 4. The average Bonchev–Trinajstić information content (AvgIpc) is 2.90. The topological polar surface area (TPSA) is 63.1 Å². The van der Waals surface area contributed by atoms with Crippen LogP contribution in [0.1, 0.15) is 24.5 Å². The van der Waals surface area contributed by atoms with Crippen LogP contribution in [0.5, 0.6) is 5.75 Å². The number of benzene rings is 2. The van der Waals surface area contributed by atoms with Crippen LogP contribution in [0.4, 0.5) is 5.69 Å². The summed E-state index contributed by atoms with van der Waals surface area (Å²) in [6, 6.07) is 13.1. The summed E-state index contributed by atoms with van der Waals surface area (Å²) in [6.45, 7) is 2.68. The molecule has 5 nitrogen and oxygen atoms in total. The smallest absolute Gasteiger partial charge is 0.276 e. The Labute approximate surface area is 148 Å². The second-order valence-corrected chi connectivity index (χ2v) is 6.14. The van der Waals surface area contributed by atoms with Gasteiger partial charge in [0, 0.05) is 15.6 Å². The van der Waals surface area contributed by atoms with Crippen molar-refractivity contribution in [2.45, 2.75) is 13.3 Å². The van der Waals surface area contributed by atoms with Crippen molar-refractivity contribution in [1.29, 1.82) is 0 Å². The molecule has 0 radical (unpaired) electrons. The number of ether oxygens (including phenoxy) is 1. The molecule has 2 aromatic carbocycles. The van der Waals surface area contributed by atoms with Gasteiger partial charge < -0.3 is 10.1 Å². The van der Waals surface area contributed by atoms with Crippen LogP contribution in [0.2, 0.25) is 0 Å². The van der Waals surface area contributed by atoms with Gasteiger partial charge >= 0.3 is 0 Å². The highest BCUT2D eigenvalue weighted by atomic mass is 79.9. The van der Waals surface area contributed by atoms with Crippen molar-refractivity contribution in [1.82, 2.24) is 0 Å². The van der Waals surface area contributed by atoms with E-state index in [1.165, 1.54) is 0 Å². The summed E-state index contributed by atoms with van der Waals surface area (Å²) in [4.78, 5) is 12.0. The first kappa shape index (κ1) is 16.4. The van der Waals surface area contributed by atoms with E-state index in [2.05, 4.69) is 38.4 Å². The highest BCUT2D eigenvalue weighted by Gasteiger charge is 2.25. The van der Waals surface area contributed by atoms with E-state index < -0.39 is 0 Å². The first-order valence-electron chi connectivity index (χ1n) is 7.63.